The molecule has 0 aromatic carbocycles. The molecule has 0 aliphatic carbocycles. The maximum Gasteiger partial charge on any atom is 0.303 e. The predicted octanol–water partition coefficient (Wildman–Crippen LogP) is -0.716. The molecular formula is C48H83N11O13. The van der Waals surface area contributed by atoms with Gasteiger partial charge in [-0.3, -0.25) is 57.5 Å². The number of carbonyl (C=O) groups excluding carboxylic acids is 11. The van der Waals surface area contributed by atoms with Crippen molar-refractivity contribution < 1.29 is 62.6 Å². The van der Waals surface area contributed by atoms with E-state index in [2.05, 4.69) is 42.5 Å². The molecule has 0 bridgehead atoms. The summed E-state index contributed by atoms with van der Waals surface area (Å²) in [5.41, 5.74) is 13.6. The smallest absolute Gasteiger partial charge is 0.303 e. The molecule has 24 heteroatoms. The first-order chi connectivity index (χ1) is 32.7. The van der Waals surface area contributed by atoms with Crippen LogP contribution in [0.15, 0.2) is 0 Å². The van der Waals surface area contributed by atoms with Crippen molar-refractivity contribution in [2.24, 2.45) is 38.9 Å². The van der Waals surface area contributed by atoms with Gasteiger partial charge in [-0.05, 0) is 73.0 Å². The van der Waals surface area contributed by atoms with Crippen LogP contribution in [0, 0.1) is 21.7 Å². The second-order valence-electron chi connectivity index (χ2n) is 23.5. The van der Waals surface area contributed by atoms with Gasteiger partial charge < -0.3 is 64.8 Å². The number of hydrogen-bond donors (Lipinski definition) is 12. The van der Waals surface area contributed by atoms with Gasteiger partial charge in [-0.1, -0.05) is 83.1 Å². The summed E-state index contributed by atoms with van der Waals surface area (Å²) < 4.78 is 0. The predicted molar refractivity (Wildman–Crippen MR) is 264 cm³/mol. The van der Waals surface area contributed by atoms with E-state index in [1.165, 1.54) is 0 Å². The van der Waals surface area contributed by atoms with E-state index in [1.54, 1.807) is 83.1 Å². The molecule has 24 nitrogen and oxygen atoms in total. The summed E-state index contributed by atoms with van der Waals surface area (Å²) in [7, 11) is 0. The SMILES string of the molecule is CC(C)(C)C[C@@H]1NC(=O)[C@@H](CCC(N)=O)NC(=O)[C@H](CC(C)(C)C)NC(=O)[C@@H](CCC(N)=O)NC(=O)[C@H](CC(C)(C)C)NC(=O)[C@@H](CCC(=O)O)NC(=O)[C@H](CC(C)(C)C)NC(=O)[C@@H](CCC(N)=O)NC1=O. The fourth-order valence-electron chi connectivity index (χ4n) is 7.67. The molecular weight excluding hydrogens is 939 g/mol. The minimum atomic E-state index is -1.63. The van der Waals surface area contributed by atoms with Crippen LogP contribution < -0.4 is 59.7 Å². The molecule has 1 aliphatic heterocycles. The fraction of sp³-hybridized carbons (Fsp3) is 0.750. The van der Waals surface area contributed by atoms with Gasteiger partial charge in [-0.25, -0.2) is 0 Å². The van der Waals surface area contributed by atoms with Crippen LogP contribution in [0.5, 0.6) is 0 Å². The second kappa shape index (κ2) is 27.5. The quantitative estimate of drug-likeness (QED) is 0.0910. The zero-order valence-corrected chi connectivity index (χ0v) is 44.2. The number of nitrogens with two attached hydrogens (primary N) is 3. The van der Waals surface area contributed by atoms with Gasteiger partial charge in [-0.15, -0.1) is 0 Å². The minimum absolute atomic E-state index is 0.0716. The van der Waals surface area contributed by atoms with Crippen LogP contribution in [0.2, 0.25) is 0 Å². The fourth-order valence-corrected chi connectivity index (χ4v) is 7.67. The lowest BCUT2D eigenvalue weighted by molar-refractivity contribution is -0.139. The summed E-state index contributed by atoms with van der Waals surface area (Å²) in [5.74, 6) is -11.5. The van der Waals surface area contributed by atoms with Gasteiger partial charge in [0.15, 0.2) is 0 Å². The van der Waals surface area contributed by atoms with E-state index in [0.717, 1.165) is 0 Å². The maximum absolute atomic E-state index is 14.3. The Labute approximate surface area is 422 Å². The normalized spacial score (nSPS) is 24.4. The maximum atomic E-state index is 14.3. The molecule has 1 rings (SSSR count). The first-order valence-electron chi connectivity index (χ1n) is 24.3. The Hall–Kier alpha value is -6.36. The van der Waals surface area contributed by atoms with Gasteiger partial charge in [0, 0.05) is 25.7 Å². The Morgan fingerprint density at radius 2 is 0.486 bits per heavy atom. The highest BCUT2D eigenvalue weighted by molar-refractivity contribution is 5.99. The van der Waals surface area contributed by atoms with Crippen molar-refractivity contribution in [2.75, 3.05) is 0 Å². The first kappa shape index (κ1) is 63.7. The Morgan fingerprint density at radius 1 is 0.333 bits per heavy atom. The summed E-state index contributed by atoms with van der Waals surface area (Å²) in [4.78, 5) is 162. The number of carboxylic acid groups (broad SMARTS) is 1. The van der Waals surface area contributed by atoms with Crippen LogP contribution in [0.3, 0.4) is 0 Å². The third-order valence-electron chi connectivity index (χ3n) is 11.0. The van der Waals surface area contributed by atoms with Crippen molar-refractivity contribution in [3.05, 3.63) is 0 Å². The van der Waals surface area contributed by atoms with E-state index < -0.39 is 173 Å². The van der Waals surface area contributed by atoms with Crippen molar-refractivity contribution in [2.45, 2.75) is 208 Å². The van der Waals surface area contributed by atoms with Gasteiger partial charge in [0.25, 0.3) is 0 Å². The highest BCUT2D eigenvalue weighted by Crippen LogP contribution is 2.25. The number of rotatable bonds is 16. The molecule has 0 unspecified atom stereocenters. The number of amides is 11. The van der Waals surface area contributed by atoms with Gasteiger partial charge in [0.1, 0.15) is 48.3 Å². The van der Waals surface area contributed by atoms with Crippen LogP contribution in [-0.2, 0) is 57.5 Å². The van der Waals surface area contributed by atoms with Crippen LogP contribution in [0.1, 0.15) is 160 Å². The highest BCUT2D eigenvalue weighted by Gasteiger charge is 2.39. The van der Waals surface area contributed by atoms with E-state index in [1.807, 2.05) is 0 Å². The lowest BCUT2D eigenvalue weighted by Gasteiger charge is -2.32. The van der Waals surface area contributed by atoms with Gasteiger partial charge >= 0.3 is 5.97 Å². The van der Waals surface area contributed by atoms with Gasteiger partial charge in [0.05, 0.1) is 0 Å². The van der Waals surface area contributed by atoms with Gasteiger partial charge in [-0.2, -0.15) is 0 Å². The average Bonchev–Trinajstić information content (AvgIpc) is 3.19. The zero-order valence-electron chi connectivity index (χ0n) is 44.2. The first-order valence-corrected chi connectivity index (χ1v) is 24.3. The molecule has 1 fully saturated rings. The van der Waals surface area contributed by atoms with Crippen molar-refractivity contribution in [1.29, 1.82) is 0 Å². The minimum Gasteiger partial charge on any atom is -0.481 e. The summed E-state index contributed by atoms with van der Waals surface area (Å²) in [6, 6.07) is -12.1. The van der Waals surface area contributed by atoms with E-state index >= 15 is 0 Å². The number of carbonyl (C=O) groups is 12. The molecule has 11 amide bonds. The molecule has 0 aromatic rings. The molecule has 0 radical (unpaired) electrons. The summed E-state index contributed by atoms with van der Waals surface area (Å²) in [6.07, 6.45) is -3.85. The van der Waals surface area contributed by atoms with Crippen molar-refractivity contribution in [3.8, 4) is 0 Å². The third-order valence-corrected chi connectivity index (χ3v) is 11.0. The lowest BCUT2D eigenvalue weighted by atomic mass is 9.87. The lowest BCUT2D eigenvalue weighted by Crippen LogP contribution is -2.62. The Kier molecular flexibility index (Phi) is 24.3. The summed E-state index contributed by atoms with van der Waals surface area (Å²) in [6.45, 7) is 21.0. The highest BCUT2D eigenvalue weighted by atomic mass is 16.4. The van der Waals surface area contributed by atoms with Crippen molar-refractivity contribution in [1.82, 2.24) is 42.5 Å². The van der Waals surface area contributed by atoms with E-state index in [9.17, 15) is 62.6 Å². The van der Waals surface area contributed by atoms with Crippen molar-refractivity contribution in [3.63, 3.8) is 0 Å². The Balaban J connectivity index is 4.29. The largest absolute Gasteiger partial charge is 0.481 e. The topological polar surface area (TPSA) is 399 Å². The van der Waals surface area contributed by atoms with Gasteiger partial charge in [0.2, 0.25) is 65.0 Å². The molecule has 0 saturated carbocycles. The number of hydrogen-bond acceptors (Lipinski definition) is 12. The van der Waals surface area contributed by atoms with Crippen LogP contribution >= 0.6 is 0 Å². The molecule has 408 valence electrons. The van der Waals surface area contributed by atoms with Crippen molar-refractivity contribution >= 4 is 70.9 Å². The third kappa shape index (κ3) is 26.2. The number of primary amides is 3. The van der Waals surface area contributed by atoms with Crippen LogP contribution in [-0.4, -0.2) is 124 Å². The average molecular weight is 1020 g/mol. The Bertz CT molecular complexity index is 1720. The van der Waals surface area contributed by atoms with E-state index in [-0.39, 0.29) is 44.9 Å². The standard InChI is InChI=1S/C48H83N11O13/c1-45(2,3)21-29-41(69)52-25(13-17-33(49)60)37(65)56-30(22-46(4,5)6)42(70)53-27(15-19-35(51)62)39(67)58-32(24-48(10,11)12)44(72)55-28(16-20-36(63)64)40(68)59-31(23-47(7,8)9)43(71)54-26(38(66)57-29)14-18-34(50)61/h25-32H,13-24H2,1-12H3,(H2,49,60)(H2,50,61)(H2,51,62)(H,52,69)(H,53,70)(H,54,71)(H,55,72)(H,56,65)(H,57,66)(H,58,67)(H,59,68)(H,63,64)/t25-,26-,27-,28-,29+,30+,31+,32+/m1/s1. The zero-order chi connectivity index (χ0) is 55.7. The molecule has 1 saturated heterocycles. The van der Waals surface area contributed by atoms with E-state index in [4.69, 9.17) is 17.2 Å². The molecule has 0 aromatic heterocycles. The molecule has 15 N–H and O–H groups in total. The monoisotopic (exact) mass is 1020 g/mol. The summed E-state index contributed by atoms with van der Waals surface area (Å²) >= 11 is 0. The Morgan fingerprint density at radius 3 is 0.639 bits per heavy atom. The number of nitrogens with one attached hydrogen (secondary N) is 8. The number of carboxylic acids is 1. The molecule has 8 atom stereocenters. The molecule has 0 spiro atoms. The number of aliphatic carboxylic acids is 1. The van der Waals surface area contributed by atoms with E-state index in [0.29, 0.717) is 0 Å². The second-order valence-corrected chi connectivity index (χ2v) is 23.5. The molecule has 1 heterocycles. The van der Waals surface area contributed by atoms with Crippen LogP contribution in [0.4, 0.5) is 0 Å². The molecule has 1 aliphatic rings. The summed E-state index contributed by atoms with van der Waals surface area (Å²) in [5, 5.41) is 30.3. The molecule has 72 heavy (non-hydrogen) atoms. The van der Waals surface area contributed by atoms with Crippen LogP contribution in [0.25, 0.3) is 0 Å².